The highest BCUT2D eigenvalue weighted by molar-refractivity contribution is 9.10. The fraction of sp³-hybridized carbons (Fsp3) is 0.158. The molecule has 2 aromatic carbocycles. The first-order valence-corrected chi connectivity index (χ1v) is 9.37. The number of hydrogen-bond acceptors (Lipinski definition) is 5. The van der Waals surface area contributed by atoms with Crippen molar-refractivity contribution in [2.75, 3.05) is 6.61 Å². The fourth-order valence-corrected chi connectivity index (χ4v) is 3.32. The van der Waals surface area contributed by atoms with Crippen LogP contribution in [0.25, 0.3) is 11.3 Å². The molecule has 1 aromatic heterocycles. The summed E-state index contributed by atoms with van der Waals surface area (Å²) >= 11 is 9.21. The molecule has 29 heavy (non-hydrogen) atoms. The third-order valence-electron chi connectivity index (χ3n) is 4.03. The molecule has 1 amide bonds. The van der Waals surface area contributed by atoms with Crippen molar-refractivity contribution in [1.82, 2.24) is 4.98 Å². The highest BCUT2D eigenvalue weighted by atomic mass is 79.9. The Hall–Kier alpha value is -2.49. The molecule has 1 heterocycles. The fourth-order valence-electron chi connectivity index (χ4n) is 2.63. The van der Waals surface area contributed by atoms with Gasteiger partial charge in [0.25, 0.3) is 5.91 Å². The third kappa shape index (κ3) is 4.42. The number of rotatable bonds is 6. The van der Waals surface area contributed by atoms with Crippen LogP contribution in [0.5, 0.6) is 5.75 Å². The van der Waals surface area contributed by atoms with E-state index < -0.39 is 41.6 Å². The summed E-state index contributed by atoms with van der Waals surface area (Å²) < 4.78 is 38.6. The summed E-state index contributed by atoms with van der Waals surface area (Å²) in [4.78, 5) is 15.4. The second-order valence-corrected chi connectivity index (χ2v) is 7.22. The van der Waals surface area contributed by atoms with Gasteiger partial charge in [-0.15, -0.1) is 0 Å². The van der Waals surface area contributed by atoms with Gasteiger partial charge in [-0.3, -0.25) is 4.79 Å². The standard InChI is InChI=1S/C19H14BrClF2N2O4/c1-8-6-9(21)2-3-10(8)16-17(20)29-19(25-16)12(26)7-28-13-5-4-11(22)14(15(13)23)18(24)27/h2-6,12,26H,7H2,1H3,(H2,24,27). The Morgan fingerprint density at radius 2 is 2.10 bits per heavy atom. The van der Waals surface area contributed by atoms with Crippen LogP contribution < -0.4 is 10.5 Å². The molecule has 0 radical (unpaired) electrons. The minimum absolute atomic E-state index is 0.0844. The summed E-state index contributed by atoms with van der Waals surface area (Å²) in [5.74, 6) is -4.17. The number of aromatic nitrogens is 1. The Balaban J connectivity index is 1.80. The van der Waals surface area contributed by atoms with Crippen molar-refractivity contribution in [3.8, 4) is 17.0 Å². The first-order chi connectivity index (χ1) is 13.7. The van der Waals surface area contributed by atoms with Gasteiger partial charge in [-0.05, 0) is 52.7 Å². The largest absolute Gasteiger partial charge is 0.487 e. The number of benzene rings is 2. The number of nitrogens with two attached hydrogens (primary N) is 1. The van der Waals surface area contributed by atoms with Gasteiger partial charge in [-0.2, -0.15) is 0 Å². The predicted octanol–water partition coefficient (Wildman–Crippen LogP) is 4.56. The molecule has 0 aliphatic carbocycles. The molecule has 0 fully saturated rings. The lowest BCUT2D eigenvalue weighted by molar-refractivity contribution is 0.0811. The van der Waals surface area contributed by atoms with Crippen LogP contribution in [0.4, 0.5) is 8.78 Å². The smallest absolute Gasteiger partial charge is 0.254 e. The average molecular weight is 488 g/mol. The van der Waals surface area contributed by atoms with Crippen LogP contribution in [-0.2, 0) is 0 Å². The number of aliphatic hydroxyl groups excluding tert-OH is 1. The van der Waals surface area contributed by atoms with Crippen molar-refractivity contribution in [1.29, 1.82) is 0 Å². The van der Waals surface area contributed by atoms with E-state index in [0.29, 0.717) is 10.7 Å². The number of primary amides is 1. The van der Waals surface area contributed by atoms with Gasteiger partial charge in [-0.25, -0.2) is 13.8 Å². The lowest BCUT2D eigenvalue weighted by Gasteiger charge is -2.11. The van der Waals surface area contributed by atoms with Gasteiger partial charge in [0, 0.05) is 10.6 Å². The van der Waals surface area contributed by atoms with Crippen molar-refractivity contribution >= 4 is 33.4 Å². The molecular formula is C19H14BrClF2N2O4. The highest BCUT2D eigenvalue weighted by Gasteiger charge is 2.23. The molecule has 6 nitrogen and oxygen atoms in total. The molecule has 1 atom stereocenters. The summed E-state index contributed by atoms with van der Waals surface area (Å²) in [6.07, 6.45) is -1.37. The summed E-state index contributed by atoms with van der Waals surface area (Å²) in [7, 11) is 0. The molecule has 152 valence electrons. The van der Waals surface area contributed by atoms with Crippen LogP contribution in [0.1, 0.15) is 27.9 Å². The summed E-state index contributed by atoms with van der Waals surface area (Å²) in [6, 6.07) is 7.03. The van der Waals surface area contributed by atoms with Crippen LogP contribution >= 0.6 is 27.5 Å². The van der Waals surface area contributed by atoms with E-state index in [2.05, 4.69) is 20.9 Å². The monoisotopic (exact) mass is 486 g/mol. The van der Waals surface area contributed by atoms with Gasteiger partial charge < -0.3 is 20.0 Å². The lowest BCUT2D eigenvalue weighted by Crippen LogP contribution is -2.17. The number of amides is 1. The normalized spacial score (nSPS) is 12.1. The van der Waals surface area contributed by atoms with E-state index in [1.807, 2.05) is 6.92 Å². The average Bonchev–Trinajstić information content (AvgIpc) is 3.02. The number of hydrogen-bond donors (Lipinski definition) is 2. The van der Waals surface area contributed by atoms with Crippen molar-refractivity contribution in [2.45, 2.75) is 13.0 Å². The van der Waals surface area contributed by atoms with Gasteiger partial charge in [-0.1, -0.05) is 17.7 Å². The molecule has 3 rings (SSSR count). The Morgan fingerprint density at radius 3 is 2.76 bits per heavy atom. The van der Waals surface area contributed by atoms with E-state index in [4.69, 9.17) is 26.5 Å². The minimum atomic E-state index is -1.37. The molecule has 3 N–H and O–H groups in total. The maximum absolute atomic E-state index is 14.2. The zero-order valence-electron chi connectivity index (χ0n) is 14.9. The number of aliphatic hydroxyl groups is 1. The molecule has 3 aromatic rings. The number of carbonyl (C=O) groups excluding carboxylic acids is 1. The topological polar surface area (TPSA) is 98.6 Å². The molecule has 0 saturated carbocycles. The second-order valence-electron chi connectivity index (χ2n) is 6.06. The van der Waals surface area contributed by atoms with Gasteiger partial charge >= 0.3 is 0 Å². The van der Waals surface area contributed by atoms with Crippen LogP contribution in [-0.4, -0.2) is 22.6 Å². The van der Waals surface area contributed by atoms with Crippen LogP contribution in [0.2, 0.25) is 5.02 Å². The summed E-state index contributed by atoms with van der Waals surface area (Å²) in [5.41, 5.74) is 6.07. The first kappa shape index (κ1) is 21.2. The Morgan fingerprint density at radius 1 is 1.38 bits per heavy atom. The molecule has 0 saturated heterocycles. The maximum Gasteiger partial charge on any atom is 0.254 e. The zero-order chi connectivity index (χ0) is 21.3. The molecule has 0 aliphatic rings. The number of aryl methyl sites for hydroxylation is 1. The second kappa shape index (κ2) is 8.48. The first-order valence-electron chi connectivity index (χ1n) is 8.20. The van der Waals surface area contributed by atoms with Gasteiger partial charge in [0.1, 0.15) is 23.7 Å². The third-order valence-corrected chi connectivity index (χ3v) is 4.80. The number of nitrogens with zero attached hydrogens (tertiary/aromatic N) is 1. The van der Waals surface area contributed by atoms with E-state index in [1.54, 1.807) is 18.2 Å². The Bertz CT molecular complexity index is 1090. The van der Waals surface area contributed by atoms with Gasteiger partial charge in [0.15, 0.2) is 22.3 Å². The summed E-state index contributed by atoms with van der Waals surface area (Å²) in [5, 5.41) is 10.9. The van der Waals surface area contributed by atoms with Crippen molar-refractivity contribution < 1.29 is 27.8 Å². The number of halogens is 4. The van der Waals surface area contributed by atoms with Crippen molar-refractivity contribution in [2.24, 2.45) is 5.73 Å². The van der Waals surface area contributed by atoms with Crippen LogP contribution in [0, 0.1) is 18.6 Å². The van der Waals surface area contributed by atoms with E-state index in [9.17, 15) is 18.7 Å². The number of ether oxygens (including phenoxy) is 1. The van der Waals surface area contributed by atoms with E-state index >= 15 is 0 Å². The molecule has 1 unspecified atom stereocenters. The Kier molecular flexibility index (Phi) is 6.21. The highest BCUT2D eigenvalue weighted by Crippen LogP contribution is 2.34. The Labute approximate surface area is 177 Å². The predicted molar refractivity (Wildman–Crippen MR) is 105 cm³/mol. The molecular weight excluding hydrogens is 474 g/mol. The van der Waals surface area contributed by atoms with Gasteiger partial charge in [0.2, 0.25) is 5.89 Å². The van der Waals surface area contributed by atoms with Crippen molar-refractivity contribution in [3.05, 3.63) is 68.7 Å². The number of carbonyl (C=O) groups is 1. The van der Waals surface area contributed by atoms with E-state index in [1.165, 1.54) is 0 Å². The molecule has 0 bridgehead atoms. The van der Waals surface area contributed by atoms with Crippen LogP contribution in [0.3, 0.4) is 0 Å². The number of oxazole rings is 1. The zero-order valence-corrected chi connectivity index (χ0v) is 17.2. The quantitative estimate of drug-likeness (QED) is 0.531. The molecule has 10 heteroatoms. The summed E-state index contributed by atoms with van der Waals surface area (Å²) in [6.45, 7) is 1.38. The molecule has 0 aliphatic heterocycles. The lowest BCUT2D eigenvalue weighted by atomic mass is 10.1. The van der Waals surface area contributed by atoms with Crippen LogP contribution in [0.15, 0.2) is 39.4 Å². The maximum atomic E-state index is 14.2. The molecule has 0 spiro atoms. The minimum Gasteiger partial charge on any atom is -0.487 e. The SMILES string of the molecule is Cc1cc(Cl)ccc1-c1nc(C(O)COc2ccc(F)c(C(N)=O)c2F)oc1Br. The van der Waals surface area contributed by atoms with Crippen molar-refractivity contribution in [3.63, 3.8) is 0 Å². The van der Waals surface area contributed by atoms with Gasteiger partial charge in [0.05, 0.1) is 0 Å². The van der Waals surface area contributed by atoms with E-state index in [-0.39, 0.29) is 10.6 Å². The van der Waals surface area contributed by atoms with E-state index in [0.717, 1.165) is 23.3 Å².